The molecule has 2 aromatic rings. The first-order valence-corrected chi connectivity index (χ1v) is 7.41. The number of benzene rings is 1. The van der Waals surface area contributed by atoms with E-state index in [1.807, 2.05) is 43.4 Å². The van der Waals surface area contributed by atoms with Gasteiger partial charge in [-0.2, -0.15) is 5.26 Å². The molecule has 0 spiro atoms. The number of hydrogen-bond donors (Lipinski definition) is 1. The van der Waals surface area contributed by atoms with Gasteiger partial charge in [0, 0.05) is 18.3 Å². The van der Waals surface area contributed by atoms with Gasteiger partial charge in [-0.1, -0.05) is 43.3 Å². The second-order valence-electron chi connectivity index (χ2n) is 5.07. The first kappa shape index (κ1) is 15.7. The number of nitriles is 1. The molecule has 4 heteroatoms. The van der Waals surface area contributed by atoms with Crippen LogP contribution < -0.4 is 5.32 Å². The monoisotopic (exact) mass is 292 g/mol. The van der Waals surface area contributed by atoms with Crippen molar-refractivity contribution in [1.29, 1.82) is 5.26 Å². The Bertz CT molecular complexity index is 671. The molecule has 0 aliphatic rings. The van der Waals surface area contributed by atoms with Crippen molar-refractivity contribution in [2.45, 2.75) is 32.7 Å². The van der Waals surface area contributed by atoms with Crippen molar-refractivity contribution in [1.82, 2.24) is 10.3 Å². The Morgan fingerprint density at radius 1 is 1.27 bits per heavy atom. The number of aromatic nitrogens is 1. The van der Waals surface area contributed by atoms with E-state index < -0.39 is 0 Å². The van der Waals surface area contributed by atoms with E-state index in [2.05, 4.69) is 29.4 Å². The molecule has 22 heavy (non-hydrogen) atoms. The minimum Gasteiger partial charge on any atom is -0.280 e. The molecule has 0 fully saturated rings. The fourth-order valence-corrected chi connectivity index (χ4v) is 2.34. The van der Waals surface area contributed by atoms with E-state index in [0.717, 1.165) is 23.2 Å². The molecule has 0 bridgehead atoms. The molecule has 0 radical (unpaired) electrons. The standard InChI is InChI=1S/C18H20N4/c1-3-17(15-8-5-4-6-9-15)22-18(21-13-19)12-16-10-7-11-20-14(16)2/h4-11,17H,3,12H2,1-2H3,(H,21,22)/t17-/m1/s1. The molecule has 0 saturated carbocycles. The van der Waals surface area contributed by atoms with Crippen LogP contribution in [0.2, 0.25) is 0 Å². The zero-order valence-electron chi connectivity index (χ0n) is 13.0. The zero-order chi connectivity index (χ0) is 15.8. The first-order chi connectivity index (χ1) is 10.7. The van der Waals surface area contributed by atoms with Gasteiger partial charge >= 0.3 is 0 Å². The topological polar surface area (TPSA) is 61.1 Å². The molecular formula is C18H20N4. The Morgan fingerprint density at radius 3 is 2.68 bits per heavy atom. The lowest BCUT2D eigenvalue weighted by atomic mass is 10.0. The summed E-state index contributed by atoms with van der Waals surface area (Å²) in [7, 11) is 0. The fraction of sp³-hybridized carbons (Fsp3) is 0.278. The van der Waals surface area contributed by atoms with Crippen LogP contribution in [-0.2, 0) is 6.42 Å². The Balaban J connectivity index is 2.26. The van der Waals surface area contributed by atoms with Crippen molar-refractivity contribution in [3.8, 4) is 6.19 Å². The summed E-state index contributed by atoms with van der Waals surface area (Å²) in [4.78, 5) is 9.03. The van der Waals surface area contributed by atoms with Gasteiger partial charge in [-0.3, -0.25) is 15.3 Å². The SMILES string of the molecule is CC[C@@H](N=C(Cc1cccnc1C)NC#N)c1ccccc1. The van der Waals surface area contributed by atoms with Gasteiger partial charge in [-0.05, 0) is 30.5 Å². The number of rotatable bonds is 5. The maximum Gasteiger partial charge on any atom is 0.182 e. The van der Waals surface area contributed by atoms with E-state index in [0.29, 0.717) is 12.3 Å². The van der Waals surface area contributed by atoms with Gasteiger partial charge < -0.3 is 0 Å². The van der Waals surface area contributed by atoms with Gasteiger partial charge in [-0.15, -0.1) is 0 Å². The molecule has 2 rings (SSSR count). The summed E-state index contributed by atoms with van der Waals surface area (Å²) in [6, 6.07) is 14.1. The van der Waals surface area contributed by atoms with Crippen molar-refractivity contribution in [2.75, 3.05) is 0 Å². The number of aryl methyl sites for hydroxylation is 1. The number of hydrogen-bond acceptors (Lipinski definition) is 3. The third kappa shape index (κ3) is 4.16. The quantitative estimate of drug-likeness (QED) is 0.397. The molecular weight excluding hydrogens is 272 g/mol. The minimum absolute atomic E-state index is 0.0500. The minimum atomic E-state index is 0.0500. The van der Waals surface area contributed by atoms with Gasteiger partial charge in [0.2, 0.25) is 0 Å². The lowest BCUT2D eigenvalue weighted by Crippen LogP contribution is -2.22. The van der Waals surface area contributed by atoms with Crippen LogP contribution in [0.1, 0.15) is 36.2 Å². The second kappa shape index (κ2) is 7.94. The summed E-state index contributed by atoms with van der Waals surface area (Å²) in [5.41, 5.74) is 3.19. The van der Waals surface area contributed by atoms with Crippen LogP contribution in [0, 0.1) is 18.4 Å². The van der Waals surface area contributed by atoms with Crippen LogP contribution in [0.25, 0.3) is 0 Å². The number of aliphatic imine (C=N–C) groups is 1. The number of nitrogens with one attached hydrogen (secondary N) is 1. The number of pyridine rings is 1. The van der Waals surface area contributed by atoms with Crippen LogP contribution in [-0.4, -0.2) is 10.8 Å². The third-order valence-electron chi connectivity index (χ3n) is 3.56. The van der Waals surface area contributed by atoms with Crippen LogP contribution in [0.4, 0.5) is 0 Å². The normalized spacial score (nSPS) is 12.5. The molecule has 0 saturated heterocycles. The number of nitrogens with zero attached hydrogens (tertiary/aromatic N) is 3. The van der Waals surface area contributed by atoms with Crippen LogP contribution in [0.15, 0.2) is 53.7 Å². The van der Waals surface area contributed by atoms with Crippen molar-refractivity contribution < 1.29 is 0 Å². The summed E-state index contributed by atoms with van der Waals surface area (Å²) >= 11 is 0. The second-order valence-corrected chi connectivity index (χ2v) is 5.07. The van der Waals surface area contributed by atoms with Crippen LogP contribution in [0.3, 0.4) is 0 Å². The van der Waals surface area contributed by atoms with E-state index >= 15 is 0 Å². The molecule has 0 aliphatic carbocycles. The highest BCUT2D eigenvalue weighted by Crippen LogP contribution is 2.21. The summed E-state index contributed by atoms with van der Waals surface area (Å²) in [6.07, 6.45) is 5.22. The van der Waals surface area contributed by atoms with E-state index in [9.17, 15) is 0 Å². The Morgan fingerprint density at radius 2 is 2.05 bits per heavy atom. The average Bonchev–Trinajstić information content (AvgIpc) is 2.55. The molecule has 0 aliphatic heterocycles. The maximum atomic E-state index is 8.98. The van der Waals surface area contributed by atoms with Gasteiger partial charge in [0.05, 0.1) is 6.04 Å². The van der Waals surface area contributed by atoms with E-state index in [1.165, 1.54) is 0 Å². The highest BCUT2D eigenvalue weighted by molar-refractivity contribution is 5.86. The van der Waals surface area contributed by atoms with E-state index in [1.54, 1.807) is 6.20 Å². The Labute approximate surface area is 131 Å². The molecule has 1 aromatic carbocycles. The summed E-state index contributed by atoms with van der Waals surface area (Å²) in [5.74, 6) is 0.675. The zero-order valence-corrected chi connectivity index (χ0v) is 13.0. The van der Waals surface area contributed by atoms with Crippen molar-refractivity contribution in [3.63, 3.8) is 0 Å². The molecule has 4 nitrogen and oxygen atoms in total. The predicted molar refractivity (Wildman–Crippen MR) is 88.3 cm³/mol. The van der Waals surface area contributed by atoms with Crippen molar-refractivity contribution >= 4 is 5.84 Å². The average molecular weight is 292 g/mol. The van der Waals surface area contributed by atoms with Crippen molar-refractivity contribution in [3.05, 3.63) is 65.5 Å². The van der Waals surface area contributed by atoms with E-state index in [-0.39, 0.29) is 6.04 Å². The molecule has 0 amide bonds. The largest absolute Gasteiger partial charge is 0.280 e. The summed E-state index contributed by atoms with van der Waals surface area (Å²) < 4.78 is 0. The summed E-state index contributed by atoms with van der Waals surface area (Å²) in [5, 5.41) is 11.7. The van der Waals surface area contributed by atoms with Crippen LogP contribution in [0.5, 0.6) is 0 Å². The lowest BCUT2D eigenvalue weighted by Gasteiger charge is -2.14. The lowest BCUT2D eigenvalue weighted by molar-refractivity contribution is 0.695. The smallest absolute Gasteiger partial charge is 0.182 e. The highest BCUT2D eigenvalue weighted by Gasteiger charge is 2.10. The molecule has 112 valence electrons. The predicted octanol–water partition coefficient (Wildman–Crippen LogP) is 3.55. The molecule has 1 N–H and O–H groups in total. The van der Waals surface area contributed by atoms with E-state index in [4.69, 9.17) is 10.3 Å². The molecule has 1 aromatic heterocycles. The molecule has 1 atom stereocenters. The Hall–Kier alpha value is -2.67. The number of amidine groups is 1. The van der Waals surface area contributed by atoms with Gasteiger partial charge in [0.25, 0.3) is 0 Å². The third-order valence-corrected chi connectivity index (χ3v) is 3.56. The maximum absolute atomic E-state index is 8.98. The first-order valence-electron chi connectivity index (χ1n) is 7.41. The van der Waals surface area contributed by atoms with Gasteiger partial charge in [-0.25, -0.2) is 0 Å². The summed E-state index contributed by atoms with van der Waals surface area (Å²) in [6.45, 7) is 4.06. The fourth-order valence-electron chi connectivity index (χ4n) is 2.34. The molecule has 0 unspecified atom stereocenters. The molecule has 1 heterocycles. The Kier molecular flexibility index (Phi) is 5.67. The van der Waals surface area contributed by atoms with Crippen molar-refractivity contribution in [2.24, 2.45) is 4.99 Å². The van der Waals surface area contributed by atoms with Gasteiger partial charge in [0.1, 0.15) is 5.84 Å². The van der Waals surface area contributed by atoms with Crippen LogP contribution >= 0.6 is 0 Å². The highest BCUT2D eigenvalue weighted by atomic mass is 15.0. The van der Waals surface area contributed by atoms with Gasteiger partial charge in [0.15, 0.2) is 6.19 Å².